The maximum absolute atomic E-state index is 13.0. The first-order chi connectivity index (χ1) is 12.2. The molecule has 0 bridgehead atoms. The minimum Gasteiger partial charge on any atom is -0.421 e. The summed E-state index contributed by atoms with van der Waals surface area (Å²) in [6, 6.07) is 7.36. The summed E-state index contributed by atoms with van der Waals surface area (Å²) in [6.45, 7) is 9.32. The molecule has 0 aliphatic rings. The molecular formula is C18H22N4O3S. The predicted octanol–water partition coefficient (Wildman–Crippen LogP) is 3.91. The fourth-order valence-electron chi connectivity index (χ4n) is 2.89. The summed E-state index contributed by atoms with van der Waals surface area (Å²) in [5.74, 6) is 0.932. The Labute approximate surface area is 152 Å². The first-order valence-electron chi connectivity index (χ1n) is 8.31. The topological polar surface area (TPSA) is 101 Å². The average molecular weight is 374 g/mol. The molecule has 0 amide bonds. The molecule has 0 radical (unpaired) electrons. The number of anilines is 1. The van der Waals surface area contributed by atoms with Gasteiger partial charge in [-0.3, -0.25) is 4.72 Å². The normalized spacial score (nSPS) is 11.9. The molecule has 2 aromatic heterocycles. The molecule has 138 valence electrons. The lowest BCUT2D eigenvalue weighted by atomic mass is 10.0. The van der Waals surface area contributed by atoms with Gasteiger partial charge in [0.1, 0.15) is 4.90 Å². The van der Waals surface area contributed by atoms with Crippen LogP contribution >= 0.6 is 0 Å². The second-order valence-corrected chi connectivity index (χ2v) is 8.21. The molecule has 0 spiro atoms. The van der Waals surface area contributed by atoms with E-state index in [0.29, 0.717) is 34.4 Å². The van der Waals surface area contributed by atoms with E-state index in [9.17, 15) is 8.42 Å². The summed E-state index contributed by atoms with van der Waals surface area (Å²) < 4.78 is 34.2. The second kappa shape index (κ2) is 6.60. The van der Waals surface area contributed by atoms with Gasteiger partial charge in [-0.2, -0.15) is 0 Å². The summed E-state index contributed by atoms with van der Waals surface area (Å²) in [7, 11) is -3.83. The molecule has 0 saturated heterocycles. The first kappa shape index (κ1) is 18.2. The Balaban J connectivity index is 2.02. The molecule has 3 aromatic rings. The van der Waals surface area contributed by atoms with Crippen molar-refractivity contribution in [3.8, 4) is 11.5 Å². The lowest BCUT2D eigenvalue weighted by Gasteiger charge is -2.11. The molecule has 2 N–H and O–H groups in total. The third-order valence-corrected chi connectivity index (χ3v) is 5.71. The van der Waals surface area contributed by atoms with Crippen LogP contribution in [-0.2, 0) is 10.0 Å². The summed E-state index contributed by atoms with van der Waals surface area (Å²) in [4.78, 5) is 3.17. The lowest BCUT2D eigenvalue weighted by molar-refractivity contribution is 0.531. The highest BCUT2D eigenvalue weighted by Gasteiger charge is 2.29. The summed E-state index contributed by atoms with van der Waals surface area (Å²) in [5.41, 5.74) is 3.21. The number of aryl methyl sites for hydroxylation is 3. The van der Waals surface area contributed by atoms with E-state index in [2.05, 4.69) is 33.8 Å². The molecule has 2 heterocycles. The SMILES string of the molecule is Cc1nnc(-c2c(C)[nH]c(C)c2S(=O)(=O)Nc2ccc(C(C)C)cc2)o1. The number of benzene rings is 1. The number of sulfonamides is 1. The minimum atomic E-state index is -3.83. The van der Waals surface area contributed by atoms with Crippen molar-refractivity contribution in [3.63, 3.8) is 0 Å². The van der Waals surface area contributed by atoms with Crippen molar-refractivity contribution in [3.05, 3.63) is 47.1 Å². The van der Waals surface area contributed by atoms with Gasteiger partial charge in [-0.1, -0.05) is 26.0 Å². The van der Waals surface area contributed by atoms with Crippen molar-refractivity contribution in [2.75, 3.05) is 4.72 Å². The van der Waals surface area contributed by atoms with E-state index in [1.54, 1.807) is 32.9 Å². The van der Waals surface area contributed by atoms with Gasteiger partial charge in [0.15, 0.2) is 0 Å². The van der Waals surface area contributed by atoms with E-state index in [-0.39, 0.29) is 10.8 Å². The van der Waals surface area contributed by atoms with Gasteiger partial charge >= 0.3 is 0 Å². The molecule has 7 nitrogen and oxygen atoms in total. The zero-order valence-corrected chi connectivity index (χ0v) is 16.2. The van der Waals surface area contributed by atoms with Crippen LogP contribution in [-0.4, -0.2) is 23.6 Å². The van der Waals surface area contributed by atoms with Crippen molar-refractivity contribution in [2.45, 2.75) is 45.4 Å². The Morgan fingerprint density at radius 2 is 1.69 bits per heavy atom. The largest absolute Gasteiger partial charge is 0.421 e. The maximum atomic E-state index is 13.0. The van der Waals surface area contributed by atoms with Gasteiger partial charge in [0.25, 0.3) is 15.9 Å². The Morgan fingerprint density at radius 1 is 1.04 bits per heavy atom. The number of H-pyrrole nitrogens is 1. The molecule has 0 saturated carbocycles. The molecular weight excluding hydrogens is 352 g/mol. The Kier molecular flexibility index (Phi) is 4.62. The van der Waals surface area contributed by atoms with Crippen LogP contribution in [0.4, 0.5) is 5.69 Å². The molecule has 0 atom stereocenters. The van der Waals surface area contributed by atoms with E-state index in [1.807, 2.05) is 12.1 Å². The van der Waals surface area contributed by atoms with Gasteiger partial charge in [0, 0.05) is 24.0 Å². The summed E-state index contributed by atoms with van der Waals surface area (Å²) in [5, 5.41) is 7.77. The van der Waals surface area contributed by atoms with E-state index >= 15 is 0 Å². The van der Waals surface area contributed by atoms with Crippen LogP contribution in [0.1, 0.15) is 42.6 Å². The minimum absolute atomic E-state index is 0.117. The Morgan fingerprint density at radius 3 is 2.23 bits per heavy atom. The smallest absolute Gasteiger partial charge is 0.264 e. The fraction of sp³-hybridized carbons (Fsp3) is 0.333. The van der Waals surface area contributed by atoms with Crippen molar-refractivity contribution >= 4 is 15.7 Å². The van der Waals surface area contributed by atoms with E-state index in [0.717, 1.165) is 5.56 Å². The van der Waals surface area contributed by atoms with Gasteiger partial charge in [-0.25, -0.2) is 8.42 Å². The molecule has 0 aliphatic carbocycles. The Bertz CT molecular complexity index is 1030. The number of hydrogen-bond acceptors (Lipinski definition) is 5. The quantitative estimate of drug-likeness (QED) is 0.705. The van der Waals surface area contributed by atoms with Gasteiger partial charge < -0.3 is 9.40 Å². The van der Waals surface area contributed by atoms with Crippen molar-refractivity contribution < 1.29 is 12.8 Å². The molecule has 26 heavy (non-hydrogen) atoms. The number of nitrogens with zero attached hydrogens (tertiary/aromatic N) is 2. The van der Waals surface area contributed by atoms with Gasteiger partial charge in [-0.05, 0) is 37.5 Å². The zero-order valence-electron chi connectivity index (χ0n) is 15.4. The van der Waals surface area contributed by atoms with Crippen LogP contribution in [0.5, 0.6) is 0 Å². The predicted molar refractivity (Wildman–Crippen MR) is 99.6 cm³/mol. The molecule has 0 unspecified atom stereocenters. The summed E-state index contributed by atoms with van der Waals surface area (Å²) >= 11 is 0. The van der Waals surface area contributed by atoms with Gasteiger partial charge in [0.05, 0.1) is 5.56 Å². The van der Waals surface area contributed by atoms with Crippen molar-refractivity contribution in [1.82, 2.24) is 15.2 Å². The molecule has 0 aliphatic heterocycles. The standard InChI is InChI=1S/C18H22N4O3S/c1-10(2)14-6-8-15(9-7-14)22-26(23,24)17-12(4)19-11(3)16(17)18-21-20-13(5)25-18/h6-10,19,22H,1-5H3. The molecule has 3 rings (SSSR count). The average Bonchev–Trinajstić information content (AvgIpc) is 3.10. The van der Waals surface area contributed by atoms with Crippen LogP contribution in [0.2, 0.25) is 0 Å². The third kappa shape index (κ3) is 3.37. The van der Waals surface area contributed by atoms with E-state index in [4.69, 9.17) is 4.42 Å². The first-order valence-corrected chi connectivity index (χ1v) is 9.79. The maximum Gasteiger partial charge on any atom is 0.264 e. The lowest BCUT2D eigenvalue weighted by Crippen LogP contribution is -2.14. The monoisotopic (exact) mass is 374 g/mol. The van der Waals surface area contributed by atoms with Crippen molar-refractivity contribution in [1.29, 1.82) is 0 Å². The van der Waals surface area contributed by atoms with Crippen LogP contribution in [0.25, 0.3) is 11.5 Å². The fourth-order valence-corrected chi connectivity index (χ4v) is 4.40. The van der Waals surface area contributed by atoms with Gasteiger partial charge in [0.2, 0.25) is 5.89 Å². The Hall–Kier alpha value is -2.61. The second-order valence-electron chi connectivity index (χ2n) is 6.59. The van der Waals surface area contributed by atoms with E-state index in [1.165, 1.54) is 0 Å². The van der Waals surface area contributed by atoms with Crippen LogP contribution in [0.15, 0.2) is 33.6 Å². The highest BCUT2D eigenvalue weighted by molar-refractivity contribution is 7.93. The number of aromatic amines is 1. The molecule has 0 fully saturated rings. The van der Waals surface area contributed by atoms with E-state index < -0.39 is 10.0 Å². The van der Waals surface area contributed by atoms with Crippen LogP contribution < -0.4 is 4.72 Å². The van der Waals surface area contributed by atoms with Gasteiger partial charge in [-0.15, -0.1) is 10.2 Å². The number of nitrogens with one attached hydrogen (secondary N) is 2. The third-order valence-electron chi connectivity index (χ3n) is 4.16. The van der Waals surface area contributed by atoms with Crippen molar-refractivity contribution in [2.24, 2.45) is 0 Å². The molecule has 1 aromatic carbocycles. The number of aromatic nitrogens is 3. The van der Waals surface area contributed by atoms with Crippen LogP contribution in [0, 0.1) is 20.8 Å². The summed E-state index contributed by atoms with van der Waals surface area (Å²) in [6.07, 6.45) is 0. The molecule has 8 heteroatoms. The number of rotatable bonds is 5. The highest BCUT2D eigenvalue weighted by atomic mass is 32.2. The number of hydrogen-bond donors (Lipinski definition) is 2. The van der Waals surface area contributed by atoms with Crippen LogP contribution in [0.3, 0.4) is 0 Å². The highest BCUT2D eigenvalue weighted by Crippen LogP contribution is 2.33. The zero-order chi connectivity index (χ0) is 19.1.